The summed E-state index contributed by atoms with van der Waals surface area (Å²) in [5, 5.41) is 10.6. The van der Waals surface area contributed by atoms with E-state index in [0.29, 0.717) is 25.7 Å². The van der Waals surface area contributed by atoms with Gasteiger partial charge in [-0.2, -0.15) is 0 Å². The average Bonchev–Trinajstić information content (AvgIpc) is 0.969. The fourth-order valence-corrected chi connectivity index (χ4v) is 14.3. The Morgan fingerprint density at radius 1 is 0.267 bits per heavy atom. The van der Waals surface area contributed by atoms with Gasteiger partial charge in [-0.05, 0) is 37.5 Å². The summed E-state index contributed by atoms with van der Waals surface area (Å²) in [6, 6.07) is 0. The highest BCUT2D eigenvalue weighted by atomic mass is 31.2. The second-order valence-corrected chi connectivity index (χ2v) is 33.4. The van der Waals surface area contributed by atoms with Crippen molar-refractivity contribution < 1.29 is 80.2 Å². The van der Waals surface area contributed by atoms with Crippen LogP contribution in [0.2, 0.25) is 0 Å². The Morgan fingerprint density at radius 2 is 0.455 bits per heavy atom. The number of ether oxygens (including phenoxy) is 4. The molecule has 0 heterocycles. The van der Waals surface area contributed by atoms with Crippen molar-refractivity contribution in [1.82, 2.24) is 0 Å². The van der Waals surface area contributed by atoms with Gasteiger partial charge >= 0.3 is 39.5 Å². The normalized spacial score (nSPS) is 13.9. The molecule has 0 fully saturated rings. The first-order valence-corrected chi connectivity index (χ1v) is 45.5. The van der Waals surface area contributed by atoms with E-state index in [1.165, 1.54) is 244 Å². The van der Waals surface area contributed by atoms with Gasteiger partial charge in [0, 0.05) is 25.7 Å². The minimum Gasteiger partial charge on any atom is -0.462 e. The highest BCUT2D eigenvalue weighted by molar-refractivity contribution is 7.47. The van der Waals surface area contributed by atoms with Crippen molar-refractivity contribution in [3.05, 3.63) is 0 Å². The highest BCUT2D eigenvalue weighted by Crippen LogP contribution is 2.45. The molecule has 600 valence electrons. The van der Waals surface area contributed by atoms with Crippen molar-refractivity contribution in [2.75, 3.05) is 39.6 Å². The third kappa shape index (κ3) is 76.1. The van der Waals surface area contributed by atoms with Crippen LogP contribution in [0.1, 0.15) is 433 Å². The molecule has 0 spiro atoms. The van der Waals surface area contributed by atoms with Gasteiger partial charge in [-0.1, -0.05) is 382 Å². The standard InChI is InChI=1S/C82H160O17P2/c1-7-9-11-13-15-17-18-19-20-21-22-23-24-25-28-32-37-42-48-54-60-66-81(86)99-78(71-93-80(85)65-59-53-47-41-36-31-29-26-27-30-34-39-44-50-56-62-74(3)4)73-97-101(90,91)95-69-76(83)68-94-100(88,89)96-72-77(70-92-79(84)64-58-52-46-16-14-12-10-8-2)98-82(87)67-61-55-49-43-38-33-35-40-45-51-57-63-75(5)6/h74-78,83H,7-73H2,1-6H3,(H,88,89)(H,90,91)/t76-,77+,78+/m0/s1. The van der Waals surface area contributed by atoms with Crippen LogP contribution >= 0.6 is 15.6 Å². The number of hydrogen-bond donors (Lipinski definition) is 3. The van der Waals surface area contributed by atoms with Gasteiger partial charge < -0.3 is 33.8 Å². The Kier molecular flexibility index (Phi) is 72.2. The second-order valence-electron chi connectivity index (χ2n) is 30.5. The molecule has 0 aromatic rings. The lowest BCUT2D eigenvalue weighted by Crippen LogP contribution is -2.30. The van der Waals surface area contributed by atoms with Gasteiger partial charge in [-0.15, -0.1) is 0 Å². The average molecular weight is 1480 g/mol. The Bertz CT molecular complexity index is 1940. The van der Waals surface area contributed by atoms with Crippen molar-refractivity contribution in [1.29, 1.82) is 0 Å². The quantitative estimate of drug-likeness (QED) is 0.0222. The number of carbonyl (C=O) groups excluding carboxylic acids is 4. The second kappa shape index (κ2) is 73.6. The third-order valence-electron chi connectivity index (χ3n) is 19.2. The van der Waals surface area contributed by atoms with E-state index in [-0.39, 0.29) is 25.7 Å². The number of hydrogen-bond acceptors (Lipinski definition) is 15. The molecule has 0 aliphatic heterocycles. The molecule has 0 rings (SSSR count). The number of aliphatic hydroxyl groups is 1. The van der Waals surface area contributed by atoms with Crippen LogP contribution in [-0.2, 0) is 65.4 Å². The first-order chi connectivity index (χ1) is 48.9. The summed E-state index contributed by atoms with van der Waals surface area (Å²) in [6.45, 7) is 9.64. The molecule has 0 saturated heterocycles. The number of rotatable bonds is 81. The molecule has 101 heavy (non-hydrogen) atoms. The van der Waals surface area contributed by atoms with Crippen LogP contribution in [0.4, 0.5) is 0 Å². The number of phosphoric acid groups is 2. The fraction of sp³-hybridized carbons (Fsp3) is 0.951. The van der Waals surface area contributed by atoms with E-state index in [1.807, 2.05) is 0 Å². The molecule has 0 amide bonds. The van der Waals surface area contributed by atoms with Gasteiger partial charge in [0.2, 0.25) is 0 Å². The van der Waals surface area contributed by atoms with Gasteiger partial charge in [0.05, 0.1) is 26.4 Å². The lowest BCUT2D eigenvalue weighted by atomic mass is 10.0. The van der Waals surface area contributed by atoms with E-state index in [1.54, 1.807) is 0 Å². The van der Waals surface area contributed by atoms with Crippen LogP contribution < -0.4 is 0 Å². The summed E-state index contributed by atoms with van der Waals surface area (Å²) in [4.78, 5) is 73.0. The summed E-state index contributed by atoms with van der Waals surface area (Å²) in [7, 11) is -9.92. The van der Waals surface area contributed by atoms with E-state index in [2.05, 4.69) is 41.5 Å². The van der Waals surface area contributed by atoms with Crippen LogP contribution in [0.3, 0.4) is 0 Å². The number of carbonyl (C=O) groups is 4. The maximum atomic E-state index is 13.1. The SMILES string of the molecule is CCCCCCCCCCCCCCCCCCCCCCCC(=O)O[C@H](COC(=O)CCCCCCCCCCCCCCCCCC(C)C)COP(=O)(O)OC[C@@H](O)COP(=O)(O)OC[C@@H](COC(=O)CCCCCCCCCC)OC(=O)CCCCCCCCCCCCCC(C)C. The summed E-state index contributed by atoms with van der Waals surface area (Å²) in [6.07, 6.45) is 64.0. The van der Waals surface area contributed by atoms with Crippen molar-refractivity contribution in [3.8, 4) is 0 Å². The third-order valence-corrected chi connectivity index (χ3v) is 21.1. The lowest BCUT2D eigenvalue weighted by molar-refractivity contribution is -0.161. The van der Waals surface area contributed by atoms with Gasteiger partial charge in [-0.25, -0.2) is 9.13 Å². The number of unbranched alkanes of at least 4 members (excludes halogenated alkanes) is 51. The predicted molar refractivity (Wildman–Crippen MR) is 414 cm³/mol. The fourth-order valence-electron chi connectivity index (χ4n) is 12.7. The van der Waals surface area contributed by atoms with Crippen molar-refractivity contribution in [2.45, 2.75) is 452 Å². The molecule has 0 radical (unpaired) electrons. The molecular weight excluding hydrogens is 1320 g/mol. The minimum absolute atomic E-state index is 0.107. The van der Waals surface area contributed by atoms with Gasteiger partial charge in [0.25, 0.3) is 0 Å². The Morgan fingerprint density at radius 3 is 0.673 bits per heavy atom. The molecule has 5 atom stereocenters. The van der Waals surface area contributed by atoms with E-state index in [4.69, 9.17) is 37.0 Å². The van der Waals surface area contributed by atoms with Crippen LogP contribution in [0.25, 0.3) is 0 Å². The molecule has 0 aromatic carbocycles. The molecule has 0 aromatic heterocycles. The molecule has 0 aliphatic rings. The summed E-state index contributed by atoms with van der Waals surface area (Å²) in [5.41, 5.74) is 0. The maximum Gasteiger partial charge on any atom is 0.472 e. The van der Waals surface area contributed by atoms with Crippen LogP contribution in [0, 0.1) is 11.8 Å². The first kappa shape index (κ1) is 99.1. The number of aliphatic hydroxyl groups excluding tert-OH is 1. The number of phosphoric ester groups is 2. The van der Waals surface area contributed by atoms with Crippen molar-refractivity contribution in [2.24, 2.45) is 11.8 Å². The van der Waals surface area contributed by atoms with E-state index >= 15 is 0 Å². The zero-order valence-corrected chi connectivity index (χ0v) is 68.0. The van der Waals surface area contributed by atoms with E-state index in [9.17, 15) is 43.2 Å². The molecular formula is C82H160O17P2. The van der Waals surface area contributed by atoms with Crippen LogP contribution in [-0.4, -0.2) is 96.7 Å². The molecule has 0 aliphatic carbocycles. The summed E-state index contributed by atoms with van der Waals surface area (Å²) >= 11 is 0. The van der Waals surface area contributed by atoms with Crippen LogP contribution in [0.5, 0.6) is 0 Å². The molecule has 2 unspecified atom stereocenters. The number of esters is 4. The van der Waals surface area contributed by atoms with Gasteiger partial charge in [0.1, 0.15) is 19.3 Å². The molecule has 3 N–H and O–H groups in total. The topological polar surface area (TPSA) is 237 Å². The maximum absolute atomic E-state index is 13.1. The smallest absolute Gasteiger partial charge is 0.462 e. The lowest BCUT2D eigenvalue weighted by Gasteiger charge is -2.21. The molecule has 19 heteroatoms. The first-order valence-electron chi connectivity index (χ1n) is 42.5. The zero-order chi connectivity index (χ0) is 74.2. The van der Waals surface area contributed by atoms with Gasteiger partial charge in [0.15, 0.2) is 12.2 Å². The molecule has 0 bridgehead atoms. The highest BCUT2D eigenvalue weighted by Gasteiger charge is 2.30. The minimum atomic E-state index is -4.96. The Balaban J connectivity index is 5.19. The predicted octanol–water partition coefficient (Wildman–Crippen LogP) is 24.7. The van der Waals surface area contributed by atoms with Crippen LogP contribution in [0.15, 0.2) is 0 Å². The van der Waals surface area contributed by atoms with Gasteiger partial charge in [-0.3, -0.25) is 37.3 Å². The summed E-state index contributed by atoms with van der Waals surface area (Å²) < 4.78 is 68.7. The Hall–Kier alpha value is -1.94. The monoisotopic (exact) mass is 1480 g/mol. The Labute approximate surface area is 619 Å². The largest absolute Gasteiger partial charge is 0.472 e. The molecule has 17 nitrogen and oxygen atoms in total. The zero-order valence-electron chi connectivity index (χ0n) is 66.2. The van der Waals surface area contributed by atoms with Crippen molar-refractivity contribution in [3.63, 3.8) is 0 Å². The molecule has 0 saturated carbocycles. The van der Waals surface area contributed by atoms with E-state index in [0.717, 1.165) is 108 Å². The van der Waals surface area contributed by atoms with Crippen molar-refractivity contribution >= 4 is 39.5 Å². The summed E-state index contributed by atoms with van der Waals surface area (Å²) in [5.74, 6) is -0.539. The van der Waals surface area contributed by atoms with E-state index < -0.39 is 97.5 Å².